The first-order valence-electron chi connectivity index (χ1n) is 6.36. The molecule has 0 aliphatic rings. The molecule has 20 heavy (non-hydrogen) atoms. The van der Waals surface area contributed by atoms with Gasteiger partial charge in [0.2, 0.25) is 0 Å². The van der Waals surface area contributed by atoms with E-state index in [1.165, 1.54) is 4.88 Å². The van der Waals surface area contributed by atoms with Gasteiger partial charge in [-0.3, -0.25) is 0 Å². The van der Waals surface area contributed by atoms with Crippen molar-refractivity contribution < 1.29 is 0 Å². The number of thiazole rings is 1. The summed E-state index contributed by atoms with van der Waals surface area (Å²) in [5, 5.41) is 1.74. The van der Waals surface area contributed by atoms with E-state index >= 15 is 0 Å². The number of benzene rings is 1. The molecule has 0 atom stereocenters. The number of aromatic nitrogens is 3. The van der Waals surface area contributed by atoms with Crippen LogP contribution < -0.4 is 0 Å². The van der Waals surface area contributed by atoms with Crippen LogP contribution in [0, 0.1) is 0 Å². The first-order valence-corrected chi connectivity index (χ1v) is 8.09. The number of rotatable bonds is 4. The second kappa shape index (κ2) is 5.72. The quantitative estimate of drug-likeness (QED) is 0.661. The molecule has 0 saturated carbocycles. The molecule has 2 aromatic heterocycles. The number of halogens is 2. The normalized spacial score (nSPS) is 11.3. The lowest BCUT2D eigenvalue weighted by molar-refractivity contribution is 0.773. The summed E-state index contributed by atoms with van der Waals surface area (Å²) >= 11 is 14.0. The first-order chi connectivity index (χ1) is 9.72. The van der Waals surface area contributed by atoms with Crippen LogP contribution in [0.1, 0.15) is 22.6 Å². The Labute approximate surface area is 131 Å². The average molecular weight is 326 g/mol. The summed E-state index contributed by atoms with van der Waals surface area (Å²) in [5.41, 5.74) is 1.80. The van der Waals surface area contributed by atoms with Crippen LogP contribution in [0.4, 0.5) is 0 Å². The van der Waals surface area contributed by atoms with Crippen molar-refractivity contribution in [1.82, 2.24) is 14.5 Å². The number of nitrogens with zero attached hydrogens (tertiary/aromatic N) is 3. The summed E-state index contributed by atoms with van der Waals surface area (Å²) in [7, 11) is 0. The second-order valence-electron chi connectivity index (χ2n) is 4.43. The van der Waals surface area contributed by atoms with E-state index in [9.17, 15) is 0 Å². The van der Waals surface area contributed by atoms with Crippen molar-refractivity contribution in [2.75, 3.05) is 0 Å². The number of aryl methyl sites for hydroxylation is 1. The molecule has 0 bridgehead atoms. The number of hydrogen-bond acceptors (Lipinski definition) is 3. The first kappa shape index (κ1) is 13.9. The lowest BCUT2D eigenvalue weighted by Crippen LogP contribution is -2.03. The van der Waals surface area contributed by atoms with E-state index in [0.717, 1.165) is 28.3 Å². The van der Waals surface area contributed by atoms with Gasteiger partial charge in [0.25, 0.3) is 0 Å². The van der Waals surface area contributed by atoms with Gasteiger partial charge in [0, 0.05) is 11.1 Å². The van der Waals surface area contributed by atoms with Crippen LogP contribution >= 0.6 is 34.5 Å². The Morgan fingerprint density at radius 1 is 1.35 bits per heavy atom. The molecule has 0 spiro atoms. The SMILES string of the molecule is CCc1cnc(Cn2c(CCl)nc3cccc(Cl)c32)s1. The Bertz CT molecular complexity index is 748. The Morgan fingerprint density at radius 2 is 2.20 bits per heavy atom. The van der Waals surface area contributed by atoms with Crippen LogP contribution in [0.25, 0.3) is 11.0 Å². The van der Waals surface area contributed by atoms with E-state index < -0.39 is 0 Å². The molecular weight excluding hydrogens is 313 g/mol. The Hall–Kier alpha value is -1.10. The van der Waals surface area contributed by atoms with E-state index in [4.69, 9.17) is 23.2 Å². The molecule has 0 fully saturated rings. The Kier molecular flexibility index (Phi) is 3.96. The molecule has 3 aromatic rings. The van der Waals surface area contributed by atoms with Crippen LogP contribution in [0.2, 0.25) is 5.02 Å². The maximum absolute atomic E-state index is 6.31. The molecule has 104 valence electrons. The number of alkyl halides is 1. The van der Waals surface area contributed by atoms with Crippen LogP contribution in [0.15, 0.2) is 24.4 Å². The molecule has 0 saturated heterocycles. The van der Waals surface area contributed by atoms with Gasteiger partial charge in [-0.2, -0.15) is 0 Å². The Morgan fingerprint density at radius 3 is 2.90 bits per heavy atom. The fraction of sp³-hybridized carbons (Fsp3) is 0.286. The van der Waals surface area contributed by atoms with Crippen LogP contribution in [0.5, 0.6) is 0 Å². The minimum atomic E-state index is 0.358. The zero-order valence-corrected chi connectivity index (χ0v) is 13.3. The summed E-state index contributed by atoms with van der Waals surface area (Å²) < 4.78 is 2.06. The molecule has 0 unspecified atom stereocenters. The van der Waals surface area contributed by atoms with Crippen LogP contribution in [0.3, 0.4) is 0 Å². The van der Waals surface area contributed by atoms with Gasteiger partial charge in [-0.1, -0.05) is 24.6 Å². The summed E-state index contributed by atoms with van der Waals surface area (Å²) in [5.74, 6) is 1.18. The fourth-order valence-corrected chi connectivity index (χ4v) is 3.51. The predicted octanol–water partition coefficient (Wildman–Crippen LogP) is 4.50. The standard InChI is InChI=1S/C14H13Cl2N3S/c1-2-9-7-17-13(20-9)8-19-12(6-15)18-11-5-3-4-10(16)14(11)19/h3-5,7H,2,6,8H2,1H3. The van der Waals surface area contributed by atoms with Crippen LogP contribution in [-0.2, 0) is 18.8 Å². The van der Waals surface area contributed by atoms with Crippen molar-refractivity contribution in [2.45, 2.75) is 25.8 Å². The highest BCUT2D eigenvalue weighted by Crippen LogP contribution is 2.27. The summed E-state index contributed by atoms with van der Waals surface area (Å²) in [6, 6.07) is 5.73. The number of hydrogen-bond donors (Lipinski definition) is 0. The lowest BCUT2D eigenvalue weighted by Gasteiger charge is -2.06. The fourth-order valence-electron chi connectivity index (χ4n) is 2.18. The molecule has 0 amide bonds. The molecule has 2 heterocycles. The topological polar surface area (TPSA) is 30.7 Å². The number of para-hydroxylation sites is 1. The van der Waals surface area contributed by atoms with E-state index in [1.54, 1.807) is 11.3 Å². The predicted molar refractivity (Wildman–Crippen MR) is 84.9 cm³/mol. The van der Waals surface area contributed by atoms with Gasteiger partial charge < -0.3 is 4.57 Å². The van der Waals surface area contributed by atoms with Gasteiger partial charge in [0.05, 0.1) is 28.5 Å². The summed E-state index contributed by atoms with van der Waals surface area (Å²) in [6.07, 6.45) is 2.94. The van der Waals surface area contributed by atoms with E-state index in [2.05, 4.69) is 21.5 Å². The van der Waals surface area contributed by atoms with Gasteiger partial charge in [-0.15, -0.1) is 22.9 Å². The van der Waals surface area contributed by atoms with Gasteiger partial charge in [0.15, 0.2) is 0 Å². The monoisotopic (exact) mass is 325 g/mol. The highest BCUT2D eigenvalue weighted by Gasteiger charge is 2.14. The third kappa shape index (κ3) is 2.43. The average Bonchev–Trinajstić information content (AvgIpc) is 3.04. The molecule has 0 aliphatic heterocycles. The van der Waals surface area contributed by atoms with Gasteiger partial charge in [0.1, 0.15) is 10.8 Å². The summed E-state index contributed by atoms with van der Waals surface area (Å²) in [4.78, 5) is 10.3. The van der Waals surface area contributed by atoms with Crippen molar-refractivity contribution in [2.24, 2.45) is 0 Å². The van der Waals surface area contributed by atoms with Crippen LogP contribution in [-0.4, -0.2) is 14.5 Å². The molecule has 0 aliphatic carbocycles. The van der Waals surface area contributed by atoms with E-state index in [1.807, 2.05) is 24.4 Å². The lowest BCUT2D eigenvalue weighted by atomic mass is 10.3. The number of fused-ring (bicyclic) bond motifs is 1. The van der Waals surface area contributed by atoms with Crippen molar-refractivity contribution >= 4 is 45.6 Å². The van der Waals surface area contributed by atoms with Gasteiger partial charge in [-0.05, 0) is 18.6 Å². The summed E-state index contributed by atoms with van der Waals surface area (Å²) in [6.45, 7) is 2.79. The smallest absolute Gasteiger partial charge is 0.125 e. The molecule has 3 rings (SSSR count). The largest absolute Gasteiger partial charge is 0.319 e. The molecular formula is C14H13Cl2N3S. The van der Waals surface area contributed by atoms with E-state index in [0.29, 0.717) is 17.4 Å². The maximum Gasteiger partial charge on any atom is 0.125 e. The molecule has 3 nitrogen and oxygen atoms in total. The van der Waals surface area contributed by atoms with Gasteiger partial charge in [-0.25, -0.2) is 9.97 Å². The van der Waals surface area contributed by atoms with Crippen molar-refractivity contribution in [1.29, 1.82) is 0 Å². The molecule has 6 heteroatoms. The third-order valence-corrected chi connectivity index (χ3v) is 4.83. The maximum atomic E-state index is 6.31. The zero-order chi connectivity index (χ0) is 14.1. The zero-order valence-electron chi connectivity index (χ0n) is 10.9. The minimum absolute atomic E-state index is 0.358. The molecule has 0 N–H and O–H groups in total. The highest BCUT2D eigenvalue weighted by molar-refractivity contribution is 7.11. The third-order valence-electron chi connectivity index (χ3n) is 3.16. The number of imidazole rings is 1. The van der Waals surface area contributed by atoms with Crippen molar-refractivity contribution in [3.8, 4) is 0 Å². The second-order valence-corrected chi connectivity index (χ2v) is 6.30. The molecule has 0 radical (unpaired) electrons. The minimum Gasteiger partial charge on any atom is -0.319 e. The highest BCUT2D eigenvalue weighted by atomic mass is 35.5. The van der Waals surface area contributed by atoms with Crippen molar-refractivity contribution in [3.63, 3.8) is 0 Å². The Balaban J connectivity index is 2.09. The molecule has 1 aromatic carbocycles. The van der Waals surface area contributed by atoms with Crippen molar-refractivity contribution in [3.05, 3.63) is 45.1 Å². The van der Waals surface area contributed by atoms with Gasteiger partial charge >= 0.3 is 0 Å². The van der Waals surface area contributed by atoms with E-state index in [-0.39, 0.29) is 0 Å².